The molecule has 0 radical (unpaired) electrons. The molecule has 1 saturated carbocycles. The van der Waals surface area contributed by atoms with Crippen molar-refractivity contribution in [1.82, 2.24) is 5.32 Å². The Hall–Kier alpha value is 0.0900. The first-order valence-electron chi connectivity index (χ1n) is 7.13. The molecule has 3 nitrogen and oxygen atoms in total. The summed E-state index contributed by atoms with van der Waals surface area (Å²) < 4.78 is 2.20. The molecule has 2 N–H and O–H groups in total. The Morgan fingerprint density at radius 2 is 2.14 bits per heavy atom. The van der Waals surface area contributed by atoms with Crippen LogP contribution in [0, 0.1) is 17.3 Å². The number of carbonyl (C=O) groups is 1. The van der Waals surface area contributed by atoms with Gasteiger partial charge in [-0.1, -0.05) is 20.8 Å². The fourth-order valence-electron chi connectivity index (χ4n) is 3.23. The summed E-state index contributed by atoms with van der Waals surface area (Å²) in [6.07, 6.45) is 1.68. The maximum atomic E-state index is 11.4. The fourth-order valence-corrected chi connectivity index (χ4v) is 5.36. The maximum absolute atomic E-state index is 11.4. The Morgan fingerprint density at radius 1 is 1.48 bits per heavy atom. The number of carboxylic acid groups (broad SMARTS) is 1. The lowest BCUT2D eigenvalue weighted by molar-refractivity contribution is -0.150. The van der Waals surface area contributed by atoms with E-state index in [0.717, 1.165) is 27.6 Å². The van der Waals surface area contributed by atoms with E-state index in [9.17, 15) is 9.90 Å². The first-order valence-corrected chi connectivity index (χ1v) is 9.53. The molecular formula is C15H21Br2NO2S. The predicted molar refractivity (Wildman–Crippen MR) is 93.7 cm³/mol. The van der Waals surface area contributed by atoms with E-state index < -0.39 is 5.97 Å². The Balaban J connectivity index is 2.00. The van der Waals surface area contributed by atoms with Crippen LogP contribution in [-0.2, 0) is 11.3 Å². The summed E-state index contributed by atoms with van der Waals surface area (Å²) in [5, 5.41) is 13.0. The molecular weight excluding hydrogens is 418 g/mol. The third kappa shape index (κ3) is 3.71. The van der Waals surface area contributed by atoms with Crippen LogP contribution in [0.2, 0.25) is 0 Å². The highest BCUT2D eigenvalue weighted by molar-refractivity contribution is 9.13. The minimum absolute atomic E-state index is 0.182. The highest BCUT2D eigenvalue weighted by atomic mass is 79.9. The minimum atomic E-state index is -0.656. The first-order chi connectivity index (χ1) is 9.73. The lowest BCUT2D eigenvalue weighted by Crippen LogP contribution is -2.50. The van der Waals surface area contributed by atoms with Gasteiger partial charge in [-0.3, -0.25) is 4.79 Å². The van der Waals surface area contributed by atoms with Gasteiger partial charge in [-0.15, -0.1) is 11.3 Å². The van der Waals surface area contributed by atoms with Crippen molar-refractivity contribution >= 4 is 49.2 Å². The summed E-state index contributed by atoms with van der Waals surface area (Å²) in [5.74, 6) is -0.564. The number of rotatable bonds is 4. The van der Waals surface area contributed by atoms with Gasteiger partial charge in [-0.2, -0.15) is 0 Å². The molecule has 3 unspecified atom stereocenters. The molecule has 0 spiro atoms. The predicted octanol–water partition coefficient (Wildman–Crippen LogP) is 4.89. The average molecular weight is 439 g/mol. The first kappa shape index (κ1) is 17.4. The van der Waals surface area contributed by atoms with E-state index in [1.165, 1.54) is 4.88 Å². The van der Waals surface area contributed by atoms with Gasteiger partial charge in [0.1, 0.15) is 0 Å². The second-order valence-electron chi connectivity index (χ2n) is 6.40. The Kier molecular flexibility index (Phi) is 5.55. The van der Waals surface area contributed by atoms with Crippen molar-refractivity contribution in [2.45, 2.75) is 46.2 Å². The van der Waals surface area contributed by atoms with Crippen LogP contribution in [0.5, 0.6) is 0 Å². The number of nitrogens with one attached hydrogen (secondary N) is 1. The van der Waals surface area contributed by atoms with Gasteiger partial charge in [-0.25, -0.2) is 0 Å². The lowest BCUT2D eigenvalue weighted by Gasteiger charge is -2.46. The van der Waals surface area contributed by atoms with Crippen molar-refractivity contribution < 1.29 is 9.90 Å². The number of hydrogen-bond donors (Lipinski definition) is 2. The number of hydrogen-bond acceptors (Lipinski definition) is 3. The van der Waals surface area contributed by atoms with Crippen molar-refractivity contribution in [2.75, 3.05) is 0 Å². The Labute approximate surface area is 146 Å². The lowest BCUT2D eigenvalue weighted by atomic mass is 9.61. The third-order valence-electron chi connectivity index (χ3n) is 4.97. The van der Waals surface area contributed by atoms with E-state index in [1.807, 2.05) is 0 Å². The molecule has 0 amide bonds. The third-order valence-corrected chi connectivity index (χ3v) is 8.23. The van der Waals surface area contributed by atoms with Crippen LogP contribution in [0.25, 0.3) is 0 Å². The Bertz CT molecular complexity index is 510. The van der Waals surface area contributed by atoms with Gasteiger partial charge in [0, 0.05) is 21.9 Å². The zero-order chi connectivity index (χ0) is 15.8. The molecule has 21 heavy (non-hydrogen) atoms. The van der Waals surface area contributed by atoms with Crippen LogP contribution in [0.4, 0.5) is 0 Å². The van der Waals surface area contributed by atoms with Gasteiger partial charge < -0.3 is 10.4 Å². The van der Waals surface area contributed by atoms with E-state index in [4.69, 9.17) is 0 Å². The molecule has 1 fully saturated rings. The smallest absolute Gasteiger partial charge is 0.307 e. The molecule has 2 rings (SSSR count). The normalized spacial score (nSPS) is 28.5. The van der Waals surface area contributed by atoms with Crippen molar-refractivity contribution in [3.8, 4) is 0 Å². The zero-order valence-corrected chi connectivity index (χ0v) is 16.4. The molecule has 0 bridgehead atoms. The number of aliphatic carboxylic acids is 1. The van der Waals surface area contributed by atoms with E-state index in [2.05, 4.69) is 64.0 Å². The van der Waals surface area contributed by atoms with E-state index >= 15 is 0 Å². The second kappa shape index (κ2) is 6.69. The van der Waals surface area contributed by atoms with Crippen LogP contribution in [0.3, 0.4) is 0 Å². The standard InChI is InChI=1S/C15H21Br2NO2S/c1-8-12(5-4-10(14(19)20)15(8,2)3)18-7-9-6-11(16)13(17)21-9/h6,8,10,12,18H,4-5,7H2,1-3H3,(H,19,20). The molecule has 1 heterocycles. The van der Waals surface area contributed by atoms with Crippen molar-refractivity contribution in [2.24, 2.45) is 17.3 Å². The molecule has 1 aromatic rings. The quantitative estimate of drug-likeness (QED) is 0.703. The van der Waals surface area contributed by atoms with Gasteiger partial charge in [0.25, 0.3) is 0 Å². The molecule has 0 aliphatic heterocycles. The van der Waals surface area contributed by atoms with Crippen LogP contribution < -0.4 is 5.32 Å². The highest BCUT2D eigenvalue weighted by Gasteiger charge is 2.45. The summed E-state index contributed by atoms with van der Waals surface area (Å²) in [5.41, 5.74) is -0.182. The van der Waals surface area contributed by atoms with E-state index in [-0.39, 0.29) is 11.3 Å². The van der Waals surface area contributed by atoms with Gasteiger partial charge >= 0.3 is 5.97 Å². The van der Waals surface area contributed by atoms with E-state index in [1.54, 1.807) is 11.3 Å². The minimum Gasteiger partial charge on any atom is -0.481 e. The largest absolute Gasteiger partial charge is 0.481 e. The molecule has 0 saturated heterocycles. The number of carboxylic acids is 1. The molecule has 118 valence electrons. The van der Waals surface area contributed by atoms with Crippen molar-refractivity contribution in [3.05, 3.63) is 19.2 Å². The summed E-state index contributed by atoms with van der Waals surface area (Å²) in [6.45, 7) is 7.18. The van der Waals surface area contributed by atoms with Gasteiger partial charge in [0.05, 0.1) is 9.70 Å². The zero-order valence-electron chi connectivity index (χ0n) is 12.5. The van der Waals surface area contributed by atoms with E-state index in [0.29, 0.717) is 12.0 Å². The van der Waals surface area contributed by atoms with Crippen LogP contribution in [0.15, 0.2) is 14.3 Å². The summed E-state index contributed by atoms with van der Waals surface area (Å²) in [6, 6.07) is 2.50. The summed E-state index contributed by atoms with van der Waals surface area (Å²) in [4.78, 5) is 12.7. The van der Waals surface area contributed by atoms with Gasteiger partial charge in [-0.05, 0) is 62.1 Å². The maximum Gasteiger partial charge on any atom is 0.307 e. The average Bonchev–Trinajstić information content (AvgIpc) is 2.70. The molecule has 1 aliphatic carbocycles. The molecule has 1 aromatic heterocycles. The second-order valence-corrected chi connectivity index (χ2v) is 9.71. The topological polar surface area (TPSA) is 49.3 Å². The molecule has 6 heteroatoms. The summed E-state index contributed by atoms with van der Waals surface area (Å²) in [7, 11) is 0. The van der Waals surface area contributed by atoms with Gasteiger partial charge in [0.15, 0.2) is 0 Å². The monoisotopic (exact) mass is 437 g/mol. The van der Waals surface area contributed by atoms with Crippen LogP contribution in [-0.4, -0.2) is 17.1 Å². The molecule has 3 atom stereocenters. The molecule has 1 aliphatic rings. The highest BCUT2D eigenvalue weighted by Crippen LogP contribution is 2.45. The molecule has 0 aromatic carbocycles. The van der Waals surface area contributed by atoms with Crippen LogP contribution in [0.1, 0.15) is 38.5 Å². The van der Waals surface area contributed by atoms with Crippen molar-refractivity contribution in [3.63, 3.8) is 0 Å². The fraction of sp³-hybridized carbons (Fsp3) is 0.667. The van der Waals surface area contributed by atoms with Gasteiger partial charge in [0.2, 0.25) is 0 Å². The number of halogens is 2. The number of thiophene rings is 1. The SMILES string of the molecule is CC1C(NCc2cc(Br)c(Br)s2)CCC(C(=O)O)C1(C)C. The summed E-state index contributed by atoms with van der Waals surface area (Å²) >= 11 is 8.74. The Morgan fingerprint density at radius 3 is 2.67 bits per heavy atom. The van der Waals surface area contributed by atoms with Crippen LogP contribution >= 0.6 is 43.2 Å². The van der Waals surface area contributed by atoms with Crippen molar-refractivity contribution in [1.29, 1.82) is 0 Å².